The molecule has 0 aliphatic carbocycles. The molecular weight excluding hydrogens is 278 g/mol. The zero-order valence-corrected chi connectivity index (χ0v) is 11.3. The first-order valence-electron chi connectivity index (χ1n) is 6.29. The number of nitrogens with zero attached hydrogens (tertiary/aromatic N) is 3. The molecule has 0 saturated heterocycles. The summed E-state index contributed by atoms with van der Waals surface area (Å²) >= 11 is 5.74. The predicted octanol–water partition coefficient (Wildman–Crippen LogP) is 2.91. The quantitative estimate of drug-likeness (QED) is 0.921. The number of hydrogen-bond donors (Lipinski definition) is 1. The zero-order chi connectivity index (χ0) is 14.1. The molecule has 20 heavy (non-hydrogen) atoms. The van der Waals surface area contributed by atoms with E-state index in [1.165, 1.54) is 11.6 Å². The first-order chi connectivity index (χ1) is 9.66. The van der Waals surface area contributed by atoms with Crippen LogP contribution in [0, 0.1) is 0 Å². The normalized spacial score (nSPS) is 13.9. The van der Waals surface area contributed by atoms with Gasteiger partial charge in [0.25, 0.3) is 0 Å². The van der Waals surface area contributed by atoms with E-state index in [1.54, 1.807) is 0 Å². The number of hydrogen-bond acceptors (Lipinski definition) is 4. The van der Waals surface area contributed by atoms with Crippen LogP contribution in [0.1, 0.15) is 22.3 Å². The van der Waals surface area contributed by atoms with E-state index in [-0.39, 0.29) is 10.7 Å². The Labute approximate surface area is 120 Å². The van der Waals surface area contributed by atoms with E-state index in [9.17, 15) is 9.90 Å². The van der Waals surface area contributed by atoms with E-state index in [1.807, 2.05) is 29.2 Å². The smallest absolute Gasteiger partial charge is 0.339 e. The molecule has 1 aliphatic rings. The van der Waals surface area contributed by atoms with Gasteiger partial charge in [-0.25, -0.2) is 4.79 Å². The predicted molar refractivity (Wildman–Crippen MR) is 75.8 cm³/mol. The Morgan fingerprint density at radius 2 is 2.10 bits per heavy atom. The van der Waals surface area contributed by atoms with Crippen molar-refractivity contribution in [2.24, 2.45) is 0 Å². The SMILES string of the molecule is O=C(O)c1cc(Cl)nnc1N1CCCc2ccccc21. The average molecular weight is 290 g/mol. The van der Waals surface area contributed by atoms with Crippen molar-refractivity contribution >= 4 is 29.1 Å². The third-order valence-electron chi connectivity index (χ3n) is 3.34. The number of carboxylic acid groups (broad SMARTS) is 1. The fourth-order valence-corrected chi connectivity index (χ4v) is 2.62. The minimum atomic E-state index is -1.06. The molecule has 0 bridgehead atoms. The molecule has 0 fully saturated rings. The van der Waals surface area contributed by atoms with Crippen LogP contribution < -0.4 is 4.90 Å². The molecule has 6 heteroatoms. The Kier molecular flexibility index (Phi) is 3.28. The second-order valence-electron chi connectivity index (χ2n) is 4.59. The van der Waals surface area contributed by atoms with Crippen molar-refractivity contribution in [1.29, 1.82) is 0 Å². The highest BCUT2D eigenvalue weighted by Gasteiger charge is 2.24. The number of aryl methyl sites for hydroxylation is 1. The molecule has 1 aliphatic heterocycles. The Balaban J connectivity index is 2.13. The number of anilines is 2. The molecule has 0 spiro atoms. The lowest BCUT2D eigenvalue weighted by atomic mass is 10.0. The first-order valence-corrected chi connectivity index (χ1v) is 6.66. The van der Waals surface area contributed by atoms with Crippen molar-refractivity contribution in [2.45, 2.75) is 12.8 Å². The highest BCUT2D eigenvalue weighted by atomic mass is 35.5. The van der Waals surface area contributed by atoms with Crippen molar-refractivity contribution in [3.63, 3.8) is 0 Å². The van der Waals surface area contributed by atoms with Crippen LogP contribution in [0.2, 0.25) is 5.15 Å². The fourth-order valence-electron chi connectivity index (χ4n) is 2.47. The van der Waals surface area contributed by atoms with Gasteiger partial charge < -0.3 is 10.0 Å². The van der Waals surface area contributed by atoms with Crippen LogP contribution in [0.5, 0.6) is 0 Å². The standard InChI is InChI=1S/C14H12ClN3O2/c15-12-8-10(14(19)20)13(17-16-12)18-7-3-5-9-4-1-2-6-11(9)18/h1-2,4,6,8H,3,5,7H2,(H,19,20). The summed E-state index contributed by atoms with van der Waals surface area (Å²) in [6, 6.07) is 9.26. The summed E-state index contributed by atoms with van der Waals surface area (Å²) in [4.78, 5) is 13.3. The lowest BCUT2D eigenvalue weighted by Gasteiger charge is -2.30. The molecule has 0 unspecified atom stereocenters. The van der Waals surface area contributed by atoms with E-state index in [0.29, 0.717) is 12.4 Å². The maximum absolute atomic E-state index is 11.4. The third-order valence-corrected chi connectivity index (χ3v) is 3.53. The average Bonchev–Trinajstić information content (AvgIpc) is 2.46. The minimum absolute atomic E-state index is 0.0710. The Morgan fingerprint density at radius 3 is 2.90 bits per heavy atom. The summed E-state index contributed by atoms with van der Waals surface area (Å²) in [5, 5.41) is 17.2. The number of carboxylic acids is 1. The van der Waals surface area contributed by atoms with Gasteiger partial charge in [0.05, 0.1) is 0 Å². The summed E-state index contributed by atoms with van der Waals surface area (Å²) < 4.78 is 0. The molecule has 2 aromatic rings. The van der Waals surface area contributed by atoms with Gasteiger partial charge in [-0.15, -0.1) is 10.2 Å². The number of fused-ring (bicyclic) bond motifs is 1. The van der Waals surface area contributed by atoms with Crippen LogP contribution in [-0.4, -0.2) is 27.8 Å². The second kappa shape index (κ2) is 5.09. The molecule has 0 atom stereocenters. The lowest BCUT2D eigenvalue weighted by Crippen LogP contribution is -2.27. The lowest BCUT2D eigenvalue weighted by molar-refractivity contribution is 0.0697. The van der Waals surface area contributed by atoms with Gasteiger partial charge in [0.1, 0.15) is 5.56 Å². The highest BCUT2D eigenvalue weighted by molar-refractivity contribution is 6.29. The third kappa shape index (κ3) is 2.20. The molecule has 3 rings (SSSR count). The van der Waals surface area contributed by atoms with Gasteiger partial charge in [0, 0.05) is 12.2 Å². The number of aromatic nitrogens is 2. The van der Waals surface area contributed by atoms with Gasteiger partial charge in [0.2, 0.25) is 0 Å². The van der Waals surface area contributed by atoms with Crippen LogP contribution in [-0.2, 0) is 6.42 Å². The number of aromatic carboxylic acids is 1. The van der Waals surface area contributed by atoms with Crippen LogP contribution >= 0.6 is 11.6 Å². The van der Waals surface area contributed by atoms with Crippen LogP contribution in [0.15, 0.2) is 30.3 Å². The first kappa shape index (κ1) is 12.9. The Bertz CT molecular complexity index is 675. The van der Waals surface area contributed by atoms with Gasteiger partial charge in [-0.05, 0) is 30.5 Å². The molecule has 0 amide bonds. The monoisotopic (exact) mass is 289 g/mol. The summed E-state index contributed by atoms with van der Waals surface area (Å²) in [5.74, 6) is -0.714. The molecule has 5 nitrogen and oxygen atoms in total. The van der Waals surface area contributed by atoms with Gasteiger partial charge in [0.15, 0.2) is 11.0 Å². The molecule has 1 N–H and O–H groups in total. The maximum Gasteiger partial charge on any atom is 0.339 e. The van der Waals surface area contributed by atoms with Crippen LogP contribution in [0.25, 0.3) is 0 Å². The van der Waals surface area contributed by atoms with Gasteiger partial charge in [-0.1, -0.05) is 29.8 Å². The number of para-hydroxylation sites is 1. The molecule has 0 saturated carbocycles. The van der Waals surface area contributed by atoms with E-state index >= 15 is 0 Å². The van der Waals surface area contributed by atoms with E-state index in [4.69, 9.17) is 11.6 Å². The van der Waals surface area contributed by atoms with Gasteiger partial charge in [-0.2, -0.15) is 0 Å². The van der Waals surface area contributed by atoms with Crippen molar-refractivity contribution in [2.75, 3.05) is 11.4 Å². The minimum Gasteiger partial charge on any atom is -0.478 e. The van der Waals surface area contributed by atoms with Crippen molar-refractivity contribution < 1.29 is 9.90 Å². The molecule has 1 aromatic carbocycles. The van der Waals surface area contributed by atoms with Crippen molar-refractivity contribution in [3.05, 3.63) is 46.6 Å². The molecular formula is C14H12ClN3O2. The summed E-state index contributed by atoms with van der Waals surface area (Å²) in [6.45, 7) is 0.716. The molecule has 0 radical (unpaired) electrons. The molecule has 2 heterocycles. The number of benzene rings is 1. The number of halogens is 1. The van der Waals surface area contributed by atoms with Crippen LogP contribution in [0.4, 0.5) is 11.5 Å². The number of carbonyl (C=O) groups is 1. The molecule has 1 aromatic heterocycles. The summed E-state index contributed by atoms with van der Waals surface area (Å²) in [7, 11) is 0. The zero-order valence-electron chi connectivity index (χ0n) is 10.6. The summed E-state index contributed by atoms with van der Waals surface area (Å²) in [5.41, 5.74) is 2.24. The van der Waals surface area contributed by atoms with Crippen LogP contribution in [0.3, 0.4) is 0 Å². The largest absolute Gasteiger partial charge is 0.478 e. The Hall–Kier alpha value is -2.14. The fraction of sp³-hybridized carbons (Fsp3) is 0.214. The van der Waals surface area contributed by atoms with E-state index in [0.717, 1.165) is 18.5 Å². The second-order valence-corrected chi connectivity index (χ2v) is 4.98. The van der Waals surface area contributed by atoms with E-state index in [2.05, 4.69) is 10.2 Å². The number of rotatable bonds is 2. The van der Waals surface area contributed by atoms with Crippen molar-refractivity contribution in [3.8, 4) is 0 Å². The topological polar surface area (TPSA) is 66.3 Å². The summed E-state index contributed by atoms with van der Waals surface area (Å²) in [6.07, 6.45) is 1.93. The van der Waals surface area contributed by atoms with Gasteiger partial charge in [-0.3, -0.25) is 0 Å². The van der Waals surface area contributed by atoms with Crippen molar-refractivity contribution in [1.82, 2.24) is 10.2 Å². The maximum atomic E-state index is 11.4. The van der Waals surface area contributed by atoms with Gasteiger partial charge >= 0.3 is 5.97 Å². The van der Waals surface area contributed by atoms with E-state index < -0.39 is 5.97 Å². The molecule has 102 valence electrons. The highest BCUT2D eigenvalue weighted by Crippen LogP contribution is 2.34. The Morgan fingerprint density at radius 1 is 1.30 bits per heavy atom.